The van der Waals surface area contributed by atoms with E-state index >= 15 is 0 Å². The molecule has 24 heavy (non-hydrogen) atoms. The van der Waals surface area contributed by atoms with Gasteiger partial charge in [-0.3, -0.25) is 9.59 Å². The van der Waals surface area contributed by atoms with E-state index in [2.05, 4.69) is 10.5 Å². The van der Waals surface area contributed by atoms with Crippen LogP contribution in [0, 0.1) is 6.92 Å². The smallest absolute Gasteiger partial charge is 0.277 e. The molecule has 2 aromatic rings. The minimum absolute atomic E-state index is 0.157. The Morgan fingerprint density at radius 3 is 2.83 bits per heavy atom. The van der Waals surface area contributed by atoms with Crippen LogP contribution < -0.4 is 10.2 Å². The molecule has 0 atom stereocenters. The summed E-state index contributed by atoms with van der Waals surface area (Å²) in [6.07, 6.45) is 3.71. The Kier molecular flexibility index (Phi) is 3.59. The van der Waals surface area contributed by atoms with E-state index in [0.29, 0.717) is 23.7 Å². The van der Waals surface area contributed by atoms with Crippen molar-refractivity contribution in [2.45, 2.75) is 38.5 Å². The van der Waals surface area contributed by atoms with Gasteiger partial charge in [-0.1, -0.05) is 5.16 Å². The summed E-state index contributed by atoms with van der Waals surface area (Å²) in [5.74, 6) is 1.10. The molecule has 0 unspecified atom stereocenters. The average molecular weight is 325 g/mol. The fraction of sp³-hybridized carbons (Fsp3) is 0.389. The number of nitrogens with zero attached hydrogens (tertiary/aromatic N) is 2. The largest absolute Gasteiger partial charge is 0.360 e. The lowest BCUT2D eigenvalue weighted by Gasteiger charge is -2.19. The van der Waals surface area contributed by atoms with Gasteiger partial charge >= 0.3 is 0 Å². The molecule has 6 nitrogen and oxygen atoms in total. The molecule has 124 valence electrons. The molecule has 6 heteroatoms. The SMILES string of the molecule is Cc1cc(NC(=O)c2cc(C3CC3)on2)ccc1N1CCCC1=O. The number of amides is 2. The van der Waals surface area contributed by atoms with Gasteiger partial charge in [0.1, 0.15) is 5.76 Å². The third-order valence-corrected chi connectivity index (χ3v) is 4.56. The first-order valence-electron chi connectivity index (χ1n) is 8.31. The summed E-state index contributed by atoms with van der Waals surface area (Å²) in [6.45, 7) is 2.70. The number of hydrogen-bond donors (Lipinski definition) is 1. The molecule has 1 aromatic heterocycles. The van der Waals surface area contributed by atoms with Crippen molar-refractivity contribution < 1.29 is 14.1 Å². The lowest BCUT2D eigenvalue weighted by molar-refractivity contribution is -0.117. The molecule has 0 radical (unpaired) electrons. The molecule has 2 fully saturated rings. The third-order valence-electron chi connectivity index (χ3n) is 4.56. The second kappa shape index (κ2) is 5.78. The summed E-state index contributed by atoms with van der Waals surface area (Å²) in [5, 5.41) is 6.68. The molecule has 2 heterocycles. The first-order valence-corrected chi connectivity index (χ1v) is 8.31. The highest BCUT2D eigenvalue weighted by Crippen LogP contribution is 2.40. The molecule has 1 aromatic carbocycles. The molecule has 1 aliphatic heterocycles. The van der Waals surface area contributed by atoms with Crippen LogP contribution in [0.15, 0.2) is 28.8 Å². The summed E-state index contributed by atoms with van der Waals surface area (Å²) in [6, 6.07) is 7.29. The molecular formula is C18H19N3O3. The van der Waals surface area contributed by atoms with E-state index in [-0.39, 0.29) is 11.8 Å². The zero-order chi connectivity index (χ0) is 16.7. The highest BCUT2D eigenvalue weighted by molar-refractivity contribution is 6.03. The van der Waals surface area contributed by atoms with Crippen LogP contribution in [-0.2, 0) is 4.79 Å². The Balaban J connectivity index is 1.48. The van der Waals surface area contributed by atoms with Crippen LogP contribution >= 0.6 is 0 Å². The minimum Gasteiger partial charge on any atom is -0.360 e. The number of nitrogens with one attached hydrogen (secondary N) is 1. The molecule has 4 rings (SSSR count). The monoisotopic (exact) mass is 325 g/mol. The van der Waals surface area contributed by atoms with Crippen molar-refractivity contribution in [3.63, 3.8) is 0 Å². The maximum absolute atomic E-state index is 12.3. The topological polar surface area (TPSA) is 75.4 Å². The standard InChI is InChI=1S/C18H19N3O3/c1-11-9-13(6-7-15(11)21-8-2-3-17(21)22)19-18(23)14-10-16(24-20-14)12-4-5-12/h6-7,9-10,12H,2-5,8H2,1H3,(H,19,23). The van der Waals surface area contributed by atoms with E-state index in [4.69, 9.17) is 4.52 Å². The van der Waals surface area contributed by atoms with E-state index in [1.807, 2.05) is 25.1 Å². The number of carbonyl (C=O) groups excluding carboxylic acids is 2. The van der Waals surface area contributed by atoms with Crippen molar-refractivity contribution in [1.82, 2.24) is 5.16 Å². The van der Waals surface area contributed by atoms with E-state index in [1.54, 1.807) is 11.0 Å². The lowest BCUT2D eigenvalue weighted by Crippen LogP contribution is -2.24. The van der Waals surface area contributed by atoms with Crippen LogP contribution in [0.1, 0.15) is 53.4 Å². The first kappa shape index (κ1) is 14.9. The van der Waals surface area contributed by atoms with E-state index < -0.39 is 0 Å². The Labute approximate surface area is 139 Å². The van der Waals surface area contributed by atoms with Crippen LogP contribution in [0.4, 0.5) is 11.4 Å². The zero-order valence-electron chi connectivity index (χ0n) is 13.5. The number of aromatic nitrogens is 1. The molecule has 1 N–H and O–H groups in total. The molecular weight excluding hydrogens is 306 g/mol. The van der Waals surface area contributed by atoms with Gasteiger partial charge in [0.2, 0.25) is 5.91 Å². The molecule has 1 saturated carbocycles. The fourth-order valence-electron chi connectivity index (χ4n) is 3.09. The molecule has 1 aliphatic carbocycles. The Morgan fingerprint density at radius 1 is 1.33 bits per heavy atom. The van der Waals surface area contributed by atoms with Crippen molar-refractivity contribution in [3.8, 4) is 0 Å². The first-order chi connectivity index (χ1) is 11.6. The Bertz CT molecular complexity index is 808. The van der Waals surface area contributed by atoms with Crippen LogP contribution in [0.2, 0.25) is 0 Å². The Morgan fingerprint density at radius 2 is 2.17 bits per heavy atom. The molecule has 2 aliphatic rings. The molecule has 0 spiro atoms. The number of rotatable bonds is 4. The highest BCUT2D eigenvalue weighted by atomic mass is 16.5. The van der Waals surface area contributed by atoms with Gasteiger partial charge in [-0.05, 0) is 49.9 Å². The fourth-order valence-corrected chi connectivity index (χ4v) is 3.09. The van der Waals surface area contributed by atoms with Crippen molar-refractivity contribution in [1.29, 1.82) is 0 Å². The summed E-state index contributed by atoms with van der Waals surface area (Å²) >= 11 is 0. The number of hydrogen-bond acceptors (Lipinski definition) is 4. The third kappa shape index (κ3) is 2.79. The van der Waals surface area contributed by atoms with Crippen LogP contribution in [0.5, 0.6) is 0 Å². The molecule has 0 bridgehead atoms. The van der Waals surface area contributed by atoms with Gasteiger partial charge in [0, 0.05) is 36.3 Å². The predicted molar refractivity (Wildman–Crippen MR) is 89.2 cm³/mol. The quantitative estimate of drug-likeness (QED) is 0.936. The van der Waals surface area contributed by atoms with Crippen molar-refractivity contribution in [3.05, 3.63) is 41.3 Å². The van der Waals surface area contributed by atoms with Gasteiger partial charge in [0.25, 0.3) is 5.91 Å². The van der Waals surface area contributed by atoms with Gasteiger partial charge in [-0.2, -0.15) is 0 Å². The normalized spacial score (nSPS) is 17.4. The van der Waals surface area contributed by atoms with Crippen molar-refractivity contribution in [2.75, 3.05) is 16.8 Å². The number of aryl methyl sites for hydroxylation is 1. The zero-order valence-corrected chi connectivity index (χ0v) is 13.5. The van der Waals surface area contributed by atoms with Crippen molar-refractivity contribution >= 4 is 23.2 Å². The minimum atomic E-state index is -0.282. The van der Waals surface area contributed by atoms with Gasteiger partial charge < -0.3 is 14.7 Å². The van der Waals surface area contributed by atoms with E-state index in [1.165, 1.54) is 0 Å². The number of carbonyl (C=O) groups is 2. The molecule has 1 saturated heterocycles. The van der Waals surface area contributed by atoms with Crippen LogP contribution in [0.3, 0.4) is 0 Å². The van der Waals surface area contributed by atoms with Gasteiger partial charge in [0.05, 0.1) is 0 Å². The maximum Gasteiger partial charge on any atom is 0.277 e. The second-order valence-corrected chi connectivity index (χ2v) is 6.49. The lowest BCUT2D eigenvalue weighted by atomic mass is 10.1. The summed E-state index contributed by atoms with van der Waals surface area (Å²) in [4.78, 5) is 26.0. The second-order valence-electron chi connectivity index (χ2n) is 6.49. The Hall–Kier alpha value is -2.63. The van der Waals surface area contributed by atoms with Crippen LogP contribution in [0.25, 0.3) is 0 Å². The predicted octanol–water partition coefficient (Wildman–Crippen LogP) is 3.24. The van der Waals surface area contributed by atoms with Gasteiger partial charge in [0.15, 0.2) is 5.69 Å². The van der Waals surface area contributed by atoms with Crippen molar-refractivity contribution in [2.24, 2.45) is 0 Å². The summed E-state index contributed by atoms with van der Waals surface area (Å²) in [7, 11) is 0. The highest BCUT2D eigenvalue weighted by Gasteiger charge is 2.29. The van der Waals surface area contributed by atoms with Crippen LogP contribution in [-0.4, -0.2) is 23.5 Å². The van der Waals surface area contributed by atoms with E-state index in [0.717, 1.165) is 42.8 Å². The summed E-state index contributed by atoms with van der Waals surface area (Å²) < 4.78 is 5.21. The maximum atomic E-state index is 12.3. The van der Waals surface area contributed by atoms with Gasteiger partial charge in [-0.15, -0.1) is 0 Å². The molecule has 2 amide bonds. The average Bonchev–Trinajstić information content (AvgIpc) is 3.13. The van der Waals surface area contributed by atoms with Gasteiger partial charge in [-0.25, -0.2) is 0 Å². The van der Waals surface area contributed by atoms with E-state index in [9.17, 15) is 9.59 Å². The summed E-state index contributed by atoms with van der Waals surface area (Å²) in [5.41, 5.74) is 2.85. The number of benzene rings is 1. The number of anilines is 2.